The minimum absolute atomic E-state index is 0.324. The third-order valence-electron chi connectivity index (χ3n) is 4.19. The van der Waals surface area contributed by atoms with Gasteiger partial charge in [0.25, 0.3) is 5.91 Å². The van der Waals surface area contributed by atoms with E-state index in [0.29, 0.717) is 11.3 Å². The smallest absolute Gasteiger partial charge is 0.338 e. The highest BCUT2D eigenvalue weighted by atomic mass is 16.5. The molecule has 0 aliphatic heterocycles. The van der Waals surface area contributed by atoms with Crippen LogP contribution in [0.4, 0.5) is 0 Å². The van der Waals surface area contributed by atoms with E-state index in [-0.39, 0.29) is 18.6 Å². The van der Waals surface area contributed by atoms with Crippen molar-refractivity contribution >= 4 is 22.8 Å². The SMILES string of the molecule is Cc1ccc(C(=O)OCC(=O)N[C@@H](C)c2cc3ccccc3o2)c(C)c1. The van der Waals surface area contributed by atoms with Gasteiger partial charge in [0.1, 0.15) is 11.3 Å². The highest BCUT2D eigenvalue weighted by Gasteiger charge is 2.16. The molecule has 1 aromatic heterocycles. The van der Waals surface area contributed by atoms with Gasteiger partial charge in [-0.25, -0.2) is 4.79 Å². The Morgan fingerprint density at radius 3 is 2.62 bits per heavy atom. The summed E-state index contributed by atoms with van der Waals surface area (Å²) >= 11 is 0. The first-order valence-electron chi connectivity index (χ1n) is 8.46. The van der Waals surface area contributed by atoms with Crippen molar-refractivity contribution in [1.82, 2.24) is 5.32 Å². The van der Waals surface area contributed by atoms with E-state index in [9.17, 15) is 9.59 Å². The topological polar surface area (TPSA) is 68.5 Å². The van der Waals surface area contributed by atoms with Gasteiger partial charge < -0.3 is 14.5 Å². The summed E-state index contributed by atoms with van der Waals surface area (Å²) in [6, 6.07) is 14.7. The highest BCUT2D eigenvalue weighted by molar-refractivity contribution is 5.92. The van der Waals surface area contributed by atoms with E-state index < -0.39 is 5.97 Å². The number of amides is 1. The van der Waals surface area contributed by atoms with Crippen LogP contribution in [0.2, 0.25) is 0 Å². The molecule has 0 fully saturated rings. The van der Waals surface area contributed by atoms with Gasteiger partial charge in [-0.05, 0) is 44.5 Å². The zero-order valence-corrected chi connectivity index (χ0v) is 15.0. The summed E-state index contributed by atoms with van der Waals surface area (Å²) < 4.78 is 10.9. The Bertz CT molecular complexity index is 925. The number of hydrogen-bond acceptors (Lipinski definition) is 4. The third-order valence-corrected chi connectivity index (χ3v) is 4.19. The van der Waals surface area contributed by atoms with Gasteiger partial charge in [0.05, 0.1) is 11.6 Å². The van der Waals surface area contributed by atoms with Crippen LogP contribution in [-0.4, -0.2) is 18.5 Å². The molecular weight excluding hydrogens is 330 g/mol. The normalized spacial score (nSPS) is 12.0. The van der Waals surface area contributed by atoms with Crippen molar-refractivity contribution in [2.75, 3.05) is 6.61 Å². The summed E-state index contributed by atoms with van der Waals surface area (Å²) in [5.74, 6) is -0.231. The molecule has 0 saturated carbocycles. The average Bonchev–Trinajstić information content (AvgIpc) is 3.04. The van der Waals surface area contributed by atoms with Gasteiger partial charge in [0.15, 0.2) is 6.61 Å². The van der Waals surface area contributed by atoms with Crippen molar-refractivity contribution < 1.29 is 18.7 Å². The molecule has 1 N–H and O–H groups in total. The maximum atomic E-state index is 12.1. The number of carbonyl (C=O) groups excluding carboxylic acids is 2. The quantitative estimate of drug-likeness (QED) is 0.703. The molecule has 0 aliphatic carbocycles. The molecule has 1 atom stereocenters. The number of ether oxygens (including phenoxy) is 1. The van der Waals surface area contributed by atoms with Gasteiger partial charge in [-0.15, -0.1) is 0 Å². The van der Waals surface area contributed by atoms with Crippen LogP contribution >= 0.6 is 0 Å². The Balaban J connectivity index is 1.57. The molecule has 26 heavy (non-hydrogen) atoms. The molecule has 0 unspecified atom stereocenters. The Morgan fingerprint density at radius 2 is 1.88 bits per heavy atom. The fourth-order valence-electron chi connectivity index (χ4n) is 2.82. The second-order valence-corrected chi connectivity index (χ2v) is 6.37. The van der Waals surface area contributed by atoms with Gasteiger partial charge in [0, 0.05) is 5.39 Å². The van der Waals surface area contributed by atoms with Crippen molar-refractivity contribution in [3.05, 3.63) is 71.0 Å². The third kappa shape index (κ3) is 3.94. The fraction of sp³-hybridized carbons (Fsp3) is 0.238. The van der Waals surface area contributed by atoms with Crippen LogP contribution in [0.1, 0.15) is 40.2 Å². The first kappa shape index (κ1) is 17.7. The second-order valence-electron chi connectivity index (χ2n) is 6.37. The number of para-hydroxylation sites is 1. The van der Waals surface area contributed by atoms with E-state index in [1.165, 1.54) is 0 Å². The number of esters is 1. The Morgan fingerprint density at radius 1 is 1.12 bits per heavy atom. The highest BCUT2D eigenvalue weighted by Crippen LogP contribution is 2.23. The number of fused-ring (bicyclic) bond motifs is 1. The van der Waals surface area contributed by atoms with Crippen molar-refractivity contribution in [1.29, 1.82) is 0 Å². The minimum Gasteiger partial charge on any atom is -0.459 e. The zero-order chi connectivity index (χ0) is 18.7. The summed E-state index contributed by atoms with van der Waals surface area (Å²) in [5, 5.41) is 3.75. The zero-order valence-electron chi connectivity index (χ0n) is 15.0. The number of carbonyl (C=O) groups is 2. The number of nitrogens with one attached hydrogen (secondary N) is 1. The average molecular weight is 351 g/mol. The standard InChI is InChI=1S/C21H21NO4/c1-13-8-9-17(14(2)10-13)21(24)25-12-20(23)22-15(3)19-11-16-6-4-5-7-18(16)26-19/h4-11,15H,12H2,1-3H3,(H,22,23)/t15-/m0/s1. The van der Waals surface area contributed by atoms with Crippen molar-refractivity contribution in [3.63, 3.8) is 0 Å². The first-order valence-corrected chi connectivity index (χ1v) is 8.46. The van der Waals surface area contributed by atoms with Crippen LogP contribution in [0.3, 0.4) is 0 Å². The Hall–Kier alpha value is -3.08. The number of hydrogen-bond donors (Lipinski definition) is 1. The molecule has 1 amide bonds. The molecule has 0 radical (unpaired) electrons. The summed E-state index contributed by atoms with van der Waals surface area (Å²) in [6.07, 6.45) is 0. The van der Waals surface area contributed by atoms with Crippen LogP contribution in [0.15, 0.2) is 52.9 Å². The summed E-state index contributed by atoms with van der Waals surface area (Å²) in [4.78, 5) is 24.2. The van der Waals surface area contributed by atoms with Gasteiger partial charge in [-0.3, -0.25) is 4.79 Å². The molecule has 5 nitrogen and oxygen atoms in total. The summed E-state index contributed by atoms with van der Waals surface area (Å²) in [6.45, 7) is 5.28. The summed E-state index contributed by atoms with van der Waals surface area (Å²) in [7, 11) is 0. The van der Waals surface area contributed by atoms with Crippen molar-refractivity contribution in [3.8, 4) is 0 Å². The lowest BCUT2D eigenvalue weighted by Crippen LogP contribution is -2.31. The predicted octanol–water partition coefficient (Wildman–Crippen LogP) is 4.08. The van der Waals surface area contributed by atoms with Crippen molar-refractivity contribution in [2.45, 2.75) is 26.8 Å². The molecule has 1 heterocycles. The van der Waals surface area contributed by atoms with Gasteiger partial charge >= 0.3 is 5.97 Å². The van der Waals surface area contributed by atoms with Gasteiger partial charge in [0.2, 0.25) is 0 Å². The van der Waals surface area contributed by atoms with E-state index in [0.717, 1.165) is 22.1 Å². The molecule has 0 saturated heterocycles. The minimum atomic E-state index is -0.506. The monoisotopic (exact) mass is 351 g/mol. The van der Waals surface area contributed by atoms with Crippen LogP contribution in [0.5, 0.6) is 0 Å². The maximum absolute atomic E-state index is 12.1. The molecule has 0 aliphatic rings. The molecule has 0 bridgehead atoms. The Kier molecular flexibility index (Phi) is 5.07. The van der Waals surface area contributed by atoms with Crippen LogP contribution in [0, 0.1) is 13.8 Å². The van der Waals surface area contributed by atoms with Crippen LogP contribution in [-0.2, 0) is 9.53 Å². The lowest BCUT2D eigenvalue weighted by atomic mass is 10.1. The molecule has 0 spiro atoms. The lowest BCUT2D eigenvalue weighted by molar-refractivity contribution is -0.125. The predicted molar refractivity (Wildman–Crippen MR) is 99.0 cm³/mol. The molecule has 5 heteroatoms. The molecule has 2 aromatic carbocycles. The van der Waals surface area contributed by atoms with Gasteiger partial charge in [-0.1, -0.05) is 35.9 Å². The largest absolute Gasteiger partial charge is 0.459 e. The molecule has 134 valence electrons. The maximum Gasteiger partial charge on any atom is 0.338 e. The van der Waals surface area contributed by atoms with E-state index >= 15 is 0 Å². The molecule has 3 aromatic rings. The summed E-state index contributed by atoms with van der Waals surface area (Å²) in [5.41, 5.74) is 3.13. The molecular formula is C21H21NO4. The van der Waals surface area contributed by atoms with Crippen molar-refractivity contribution in [2.24, 2.45) is 0 Å². The van der Waals surface area contributed by atoms with Gasteiger partial charge in [-0.2, -0.15) is 0 Å². The van der Waals surface area contributed by atoms with Crippen LogP contribution in [0.25, 0.3) is 11.0 Å². The number of furan rings is 1. The number of rotatable bonds is 5. The fourth-order valence-corrected chi connectivity index (χ4v) is 2.82. The van der Waals surface area contributed by atoms with E-state index in [1.807, 2.05) is 63.2 Å². The van der Waals surface area contributed by atoms with Crippen LogP contribution < -0.4 is 5.32 Å². The number of aryl methyl sites for hydroxylation is 2. The number of benzene rings is 2. The van der Waals surface area contributed by atoms with E-state index in [1.54, 1.807) is 6.07 Å². The lowest BCUT2D eigenvalue weighted by Gasteiger charge is -2.12. The second kappa shape index (κ2) is 7.44. The molecule has 3 rings (SSSR count). The van der Waals surface area contributed by atoms with E-state index in [2.05, 4.69) is 5.32 Å². The van der Waals surface area contributed by atoms with E-state index in [4.69, 9.17) is 9.15 Å². The Labute approximate surface area is 152 Å². The first-order chi connectivity index (χ1) is 12.4.